The van der Waals surface area contributed by atoms with Gasteiger partial charge in [-0.3, -0.25) is 4.79 Å². The fourth-order valence-electron chi connectivity index (χ4n) is 2.04. The molecule has 0 bridgehead atoms. The molecule has 0 aromatic heterocycles. The first kappa shape index (κ1) is 15.5. The Kier molecular flexibility index (Phi) is 5.63. The molecule has 0 heterocycles. The van der Waals surface area contributed by atoms with Crippen LogP contribution in [0.4, 0.5) is 0 Å². The van der Waals surface area contributed by atoms with Crippen LogP contribution in [0.2, 0.25) is 0 Å². The minimum Gasteiger partial charge on any atom is -0.338 e. The lowest BCUT2D eigenvalue weighted by Crippen LogP contribution is -2.45. The minimum atomic E-state index is -0.0983. The maximum Gasteiger partial charge on any atom is 0.219 e. The largest absolute Gasteiger partial charge is 0.338 e. The van der Waals surface area contributed by atoms with Gasteiger partial charge in [0.15, 0.2) is 0 Å². The molecule has 0 radical (unpaired) electrons. The van der Waals surface area contributed by atoms with Crippen LogP contribution in [-0.2, 0) is 4.79 Å². The molecule has 1 unspecified atom stereocenters. The molecule has 0 spiro atoms. The molecule has 3 heteroatoms. The molecular weight excluding hydrogens is 337 g/mol. The lowest BCUT2D eigenvalue weighted by molar-refractivity contribution is -0.133. The summed E-state index contributed by atoms with van der Waals surface area (Å²) in [5.41, 5.74) is 1.23. The van der Waals surface area contributed by atoms with Crippen molar-refractivity contribution in [1.82, 2.24) is 4.90 Å². The molecule has 100 valence electrons. The van der Waals surface area contributed by atoms with E-state index in [4.69, 9.17) is 0 Å². The zero-order valence-corrected chi connectivity index (χ0v) is 13.8. The molecule has 0 saturated heterocycles. The molecule has 0 fully saturated rings. The number of benzene rings is 1. The zero-order chi connectivity index (χ0) is 13.8. The number of alkyl halides is 1. The Balaban J connectivity index is 2.61. The normalized spacial score (nSPS) is 13.2. The zero-order valence-electron chi connectivity index (χ0n) is 11.6. The van der Waals surface area contributed by atoms with Crippen LogP contribution in [0.1, 0.15) is 43.6 Å². The van der Waals surface area contributed by atoms with Gasteiger partial charge in [-0.05, 0) is 32.8 Å². The Labute approximate surface area is 124 Å². The summed E-state index contributed by atoms with van der Waals surface area (Å²) in [5, 5.41) is 0. The van der Waals surface area contributed by atoms with Crippen LogP contribution in [0.5, 0.6) is 0 Å². The summed E-state index contributed by atoms with van der Waals surface area (Å²) in [5.74, 6) is 0.152. The molecule has 0 saturated carbocycles. The predicted molar refractivity (Wildman–Crippen MR) is 85.0 cm³/mol. The van der Waals surface area contributed by atoms with Crippen molar-refractivity contribution in [2.24, 2.45) is 0 Å². The first-order valence-corrected chi connectivity index (χ1v) is 7.54. The van der Waals surface area contributed by atoms with E-state index in [9.17, 15) is 4.79 Å². The lowest BCUT2D eigenvalue weighted by Gasteiger charge is -2.35. The van der Waals surface area contributed by atoms with E-state index >= 15 is 0 Å². The van der Waals surface area contributed by atoms with Crippen molar-refractivity contribution >= 4 is 28.5 Å². The average Bonchev–Trinajstić information content (AvgIpc) is 2.28. The van der Waals surface area contributed by atoms with Crippen molar-refractivity contribution in [2.45, 2.75) is 43.6 Å². The molecular formula is C15H22INO. The number of rotatable bonds is 4. The third-order valence-electron chi connectivity index (χ3n) is 2.96. The Morgan fingerprint density at radius 2 is 1.83 bits per heavy atom. The van der Waals surface area contributed by atoms with Crippen molar-refractivity contribution in [1.29, 1.82) is 0 Å². The smallest absolute Gasteiger partial charge is 0.219 e. The predicted octanol–water partition coefficient (Wildman–Crippen LogP) is 4.20. The summed E-state index contributed by atoms with van der Waals surface area (Å²) in [6.07, 6.45) is 0.988. The fourth-order valence-corrected chi connectivity index (χ4v) is 2.73. The van der Waals surface area contributed by atoms with E-state index in [1.54, 1.807) is 6.92 Å². The molecule has 0 aliphatic rings. The second-order valence-corrected chi connectivity index (χ2v) is 7.01. The van der Waals surface area contributed by atoms with Crippen LogP contribution in [0, 0.1) is 0 Å². The topological polar surface area (TPSA) is 20.3 Å². The molecule has 2 nitrogen and oxygen atoms in total. The van der Waals surface area contributed by atoms with Crippen LogP contribution in [0.3, 0.4) is 0 Å². The number of nitrogens with zero attached hydrogens (tertiary/aromatic N) is 1. The molecule has 1 atom stereocenters. The van der Waals surface area contributed by atoms with Crippen LogP contribution >= 0.6 is 22.6 Å². The molecule has 1 amide bonds. The number of hydrogen-bond acceptors (Lipinski definition) is 1. The third kappa shape index (κ3) is 4.59. The van der Waals surface area contributed by atoms with Gasteiger partial charge in [0, 0.05) is 22.9 Å². The number of carbonyl (C=O) groups is 1. The van der Waals surface area contributed by atoms with Gasteiger partial charge >= 0.3 is 0 Å². The maximum absolute atomic E-state index is 11.7. The molecule has 0 aliphatic heterocycles. The standard InChI is InChI=1S/C15H22INO/c1-12(18)17(15(2,3)4)11-10-14(16)13-8-6-5-7-9-13/h5-9,14H,10-11H2,1-4H3. The van der Waals surface area contributed by atoms with Gasteiger partial charge in [0.05, 0.1) is 0 Å². The second kappa shape index (κ2) is 6.55. The number of halogens is 1. The van der Waals surface area contributed by atoms with E-state index in [1.165, 1.54) is 5.56 Å². The van der Waals surface area contributed by atoms with Gasteiger partial charge in [-0.1, -0.05) is 52.9 Å². The summed E-state index contributed by atoms with van der Waals surface area (Å²) in [4.78, 5) is 13.6. The summed E-state index contributed by atoms with van der Waals surface area (Å²) < 4.78 is 0.452. The first-order chi connectivity index (χ1) is 8.32. The van der Waals surface area contributed by atoms with Crippen molar-refractivity contribution in [3.05, 3.63) is 35.9 Å². The highest BCUT2D eigenvalue weighted by Crippen LogP contribution is 2.28. The molecule has 1 rings (SSSR count). The van der Waals surface area contributed by atoms with Gasteiger partial charge in [0.1, 0.15) is 0 Å². The Hall–Kier alpha value is -0.580. The maximum atomic E-state index is 11.7. The van der Waals surface area contributed by atoms with E-state index in [0.717, 1.165) is 13.0 Å². The van der Waals surface area contributed by atoms with E-state index in [-0.39, 0.29) is 11.4 Å². The van der Waals surface area contributed by atoms with E-state index in [0.29, 0.717) is 3.92 Å². The van der Waals surface area contributed by atoms with E-state index in [2.05, 4.69) is 67.6 Å². The average molecular weight is 359 g/mol. The van der Waals surface area contributed by atoms with Crippen molar-refractivity contribution in [3.8, 4) is 0 Å². The number of amides is 1. The number of hydrogen-bond donors (Lipinski definition) is 0. The minimum absolute atomic E-state index is 0.0983. The van der Waals surface area contributed by atoms with Crippen molar-refractivity contribution in [3.63, 3.8) is 0 Å². The monoisotopic (exact) mass is 359 g/mol. The molecule has 0 N–H and O–H groups in total. The molecule has 1 aromatic carbocycles. The van der Waals surface area contributed by atoms with Gasteiger partial charge in [0.2, 0.25) is 5.91 Å². The Bertz CT molecular complexity index is 383. The molecule has 0 aliphatic carbocycles. The highest BCUT2D eigenvalue weighted by molar-refractivity contribution is 14.1. The van der Waals surface area contributed by atoms with Crippen molar-refractivity contribution < 1.29 is 4.79 Å². The van der Waals surface area contributed by atoms with Crippen LogP contribution in [0.15, 0.2) is 30.3 Å². The van der Waals surface area contributed by atoms with Gasteiger partial charge in [0.25, 0.3) is 0 Å². The van der Waals surface area contributed by atoms with Crippen LogP contribution in [-0.4, -0.2) is 22.9 Å². The SMILES string of the molecule is CC(=O)N(CCC(I)c1ccccc1)C(C)(C)C. The molecule has 18 heavy (non-hydrogen) atoms. The van der Waals surface area contributed by atoms with E-state index < -0.39 is 0 Å². The molecule has 1 aromatic rings. The van der Waals surface area contributed by atoms with Gasteiger partial charge in [-0.15, -0.1) is 0 Å². The summed E-state index contributed by atoms with van der Waals surface area (Å²) >= 11 is 2.45. The van der Waals surface area contributed by atoms with Crippen LogP contribution < -0.4 is 0 Å². The quantitative estimate of drug-likeness (QED) is 0.583. The summed E-state index contributed by atoms with van der Waals surface area (Å²) in [7, 11) is 0. The van der Waals surface area contributed by atoms with Crippen molar-refractivity contribution in [2.75, 3.05) is 6.54 Å². The highest BCUT2D eigenvalue weighted by Gasteiger charge is 2.24. The number of carbonyl (C=O) groups excluding carboxylic acids is 1. The van der Waals surface area contributed by atoms with E-state index in [1.807, 2.05) is 11.0 Å². The summed E-state index contributed by atoms with van der Waals surface area (Å²) in [6.45, 7) is 8.70. The fraction of sp³-hybridized carbons (Fsp3) is 0.533. The van der Waals surface area contributed by atoms with Gasteiger partial charge in [-0.2, -0.15) is 0 Å². The Morgan fingerprint density at radius 3 is 2.28 bits per heavy atom. The Morgan fingerprint density at radius 1 is 1.28 bits per heavy atom. The summed E-state index contributed by atoms with van der Waals surface area (Å²) in [6, 6.07) is 10.4. The highest BCUT2D eigenvalue weighted by atomic mass is 127. The van der Waals surface area contributed by atoms with Crippen LogP contribution in [0.25, 0.3) is 0 Å². The van der Waals surface area contributed by atoms with Gasteiger partial charge in [-0.25, -0.2) is 0 Å². The lowest BCUT2D eigenvalue weighted by atomic mass is 10.0. The first-order valence-electron chi connectivity index (χ1n) is 6.29. The second-order valence-electron chi connectivity index (χ2n) is 5.51. The van der Waals surface area contributed by atoms with Gasteiger partial charge < -0.3 is 4.90 Å². The third-order valence-corrected chi connectivity index (χ3v) is 4.30.